The zero-order valence-corrected chi connectivity index (χ0v) is 18.8. The molecule has 3 aromatic rings. The third kappa shape index (κ3) is 3.63. The summed E-state index contributed by atoms with van der Waals surface area (Å²) in [5.74, 6) is 0.403. The summed E-state index contributed by atoms with van der Waals surface area (Å²) in [6.45, 7) is 5.87. The summed E-state index contributed by atoms with van der Waals surface area (Å²) in [5, 5.41) is 8.42. The summed E-state index contributed by atoms with van der Waals surface area (Å²) in [4.78, 5) is 18.3. The molecule has 0 bridgehead atoms. The number of carbonyl (C=O) groups excluding carboxylic acids is 1. The molecule has 2 fully saturated rings. The van der Waals surface area contributed by atoms with Gasteiger partial charge in [-0.05, 0) is 63.3 Å². The van der Waals surface area contributed by atoms with Gasteiger partial charge in [-0.3, -0.25) is 4.79 Å². The van der Waals surface area contributed by atoms with Gasteiger partial charge in [0, 0.05) is 17.3 Å². The lowest BCUT2D eigenvalue weighted by Crippen LogP contribution is -2.16. The highest BCUT2D eigenvalue weighted by Crippen LogP contribution is 2.41. The third-order valence-electron chi connectivity index (χ3n) is 6.50. The number of hydrogen-bond acceptors (Lipinski definition) is 5. The van der Waals surface area contributed by atoms with Gasteiger partial charge in [0.05, 0.1) is 34.2 Å². The zero-order valence-electron chi connectivity index (χ0n) is 18.0. The van der Waals surface area contributed by atoms with Gasteiger partial charge in [0.1, 0.15) is 0 Å². The van der Waals surface area contributed by atoms with Crippen LogP contribution in [0.4, 0.5) is 5.69 Å². The molecule has 1 unspecified atom stereocenters. The first kappa shape index (κ1) is 20.2. The summed E-state index contributed by atoms with van der Waals surface area (Å²) >= 11 is 0. The molecule has 1 N–H and O–H groups in total. The molecular formula is C23H26N4O3S. The molecule has 1 saturated heterocycles. The summed E-state index contributed by atoms with van der Waals surface area (Å²) in [7, 11) is -3.06. The van der Waals surface area contributed by atoms with Crippen LogP contribution in [0.2, 0.25) is 0 Å². The molecule has 1 aliphatic carbocycles. The summed E-state index contributed by atoms with van der Waals surface area (Å²) < 4.78 is 25.9. The van der Waals surface area contributed by atoms with E-state index in [0.29, 0.717) is 34.6 Å². The van der Waals surface area contributed by atoms with Gasteiger partial charge in [-0.2, -0.15) is 5.10 Å². The number of nitrogens with one attached hydrogen (secondary N) is 1. The molecule has 1 aromatic carbocycles. The van der Waals surface area contributed by atoms with Gasteiger partial charge >= 0.3 is 0 Å². The van der Waals surface area contributed by atoms with Crippen LogP contribution in [0.5, 0.6) is 0 Å². The van der Waals surface area contributed by atoms with Crippen molar-refractivity contribution in [1.29, 1.82) is 0 Å². The van der Waals surface area contributed by atoms with E-state index < -0.39 is 9.84 Å². The van der Waals surface area contributed by atoms with E-state index in [0.717, 1.165) is 35.3 Å². The standard InChI is InChI=1S/C23H26N4O3S/c1-13-5-4-6-19(14(13)2)25-23(28)18-11-20(16-7-8-16)24-22-21(18)15(3)26-27(22)17-9-10-31(29,30)12-17/h4-6,11,16-17H,7-10,12H2,1-3H3,(H,25,28). The highest BCUT2D eigenvalue weighted by Gasteiger charge is 2.34. The maximum absolute atomic E-state index is 13.4. The van der Waals surface area contributed by atoms with Crippen molar-refractivity contribution in [3.63, 3.8) is 0 Å². The Morgan fingerprint density at radius 1 is 1.16 bits per heavy atom. The van der Waals surface area contributed by atoms with Crippen molar-refractivity contribution in [2.45, 2.75) is 52.0 Å². The van der Waals surface area contributed by atoms with Gasteiger partial charge in [0.25, 0.3) is 5.91 Å². The van der Waals surface area contributed by atoms with E-state index in [4.69, 9.17) is 4.98 Å². The van der Waals surface area contributed by atoms with E-state index in [1.807, 2.05) is 45.0 Å². The summed E-state index contributed by atoms with van der Waals surface area (Å²) in [6.07, 6.45) is 2.64. The van der Waals surface area contributed by atoms with Gasteiger partial charge < -0.3 is 5.32 Å². The second kappa shape index (κ2) is 7.15. The Hall–Kier alpha value is -2.74. The first-order valence-corrected chi connectivity index (χ1v) is 12.5. The minimum absolute atomic E-state index is 0.0720. The first-order valence-electron chi connectivity index (χ1n) is 10.7. The SMILES string of the molecule is Cc1cccc(NC(=O)c2cc(C3CC3)nc3c2c(C)nn3C2CCS(=O)(=O)C2)c1C. The average Bonchev–Trinajstić information content (AvgIpc) is 3.44. The fourth-order valence-corrected chi connectivity index (χ4v) is 6.09. The monoisotopic (exact) mass is 438 g/mol. The Labute approximate surface area is 181 Å². The van der Waals surface area contributed by atoms with Crippen LogP contribution in [0.3, 0.4) is 0 Å². The van der Waals surface area contributed by atoms with Crippen LogP contribution < -0.4 is 5.32 Å². The Balaban J connectivity index is 1.62. The molecule has 2 aliphatic rings. The predicted molar refractivity (Wildman–Crippen MR) is 120 cm³/mol. The smallest absolute Gasteiger partial charge is 0.256 e. The highest BCUT2D eigenvalue weighted by molar-refractivity contribution is 7.91. The molecule has 0 radical (unpaired) electrons. The number of carbonyl (C=O) groups is 1. The van der Waals surface area contributed by atoms with Crippen LogP contribution in [-0.2, 0) is 9.84 Å². The number of hydrogen-bond donors (Lipinski definition) is 1. The molecule has 1 atom stereocenters. The van der Waals surface area contributed by atoms with Crippen LogP contribution >= 0.6 is 0 Å². The van der Waals surface area contributed by atoms with Crippen LogP contribution in [0.1, 0.15) is 64.1 Å². The molecule has 8 heteroatoms. The predicted octanol–water partition coefficient (Wildman–Crippen LogP) is 3.85. The van der Waals surface area contributed by atoms with Crippen LogP contribution in [0.15, 0.2) is 24.3 Å². The molecule has 1 amide bonds. The number of amides is 1. The van der Waals surface area contributed by atoms with Crippen LogP contribution in [-0.4, -0.2) is 40.6 Å². The van der Waals surface area contributed by atoms with Crippen molar-refractivity contribution in [3.05, 3.63) is 52.3 Å². The maximum atomic E-state index is 13.4. The summed E-state index contributed by atoms with van der Waals surface area (Å²) in [6, 6.07) is 7.51. The van der Waals surface area contributed by atoms with Gasteiger partial charge in [-0.15, -0.1) is 0 Å². The Bertz CT molecular complexity index is 1320. The number of benzene rings is 1. The number of sulfone groups is 1. The molecular weight excluding hydrogens is 412 g/mol. The molecule has 2 aromatic heterocycles. The van der Waals surface area contributed by atoms with Gasteiger partial charge in [0.2, 0.25) is 0 Å². The van der Waals surface area contributed by atoms with E-state index in [2.05, 4.69) is 10.4 Å². The number of fused-ring (bicyclic) bond motifs is 1. The zero-order chi connectivity index (χ0) is 21.9. The minimum atomic E-state index is -3.06. The van der Waals surface area contributed by atoms with Gasteiger partial charge in [-0.1, -0.05) is 12.1 Å². The Morgan fingerprint density at radius 2 is 1.94 bits per heavy atom. The number of aromatic nitrogens is 3. The van der Waals surface area contributed by atoms with E-state index in [-0.39, 0.29) is 23.5 Å². The van der Waals surface area contributed by atoms with Crippen molar-refractivity contribution in [2.24, 2.45) is 0 Å². The third-order valence-corrected chi connectivity index (χ3v) is 8.25. The molecule has 7 nitrogen and oxygen atoms in total. The van der Waals surface area contributed by atoms with E-state index in [1.54, 1.807) is 4.68 Å². The molecule has 1 aliphatic heterocycles. The Morgan fingerprint density at radius 3 is 2.61 bits per heavy atom. The molecule has 31 heavy (non-hydrogen) atoms. The van der Waals surface area contributed by atoms with E-state index in [9.17, 15) is 13.2 Å². The second-order valence-electron chi connectivity index (χ2n) is 8.86. The topological polar surface area (TPSA) is 93.9 Å². The maximum Gasteiger partial charge on any atom is 0.256 e. The molecule has 0 spiro atoms. The van der Waals surface area contributed by atoms with E-state index >= 15 is 0 Å². The van der Waals surface area contributed by atoms with Crippen molar-refractivity contribution in [1.82, 2.24) is 14.8 Å². The lowest BCUT2D eigenvalue weighted by molar-refractivity contribution is 0.102. The summed E-state index contributed by atoms with van der Waals surface area (Å²) in [5.41, 5.74) is 5.69. The largest absolute Gasteiger partial charge is 0.322 e. The average molecular weight is 439 g/mol. The molecule has 5 rings (SSSR count). The normalized spacial score (nSPS) is 20.3. The van der Waals surface area contributed by atoms with Gasteiger partial charge in [0.15, 0.2) is 15.5 Å². The van der Waals surface area contributed by atoms with Crippen molar-refractivity contribution in [3.8, 4) is 0 Å². The molecule has 162 valence electrons. The number of rotatable bonds is 4. The molecule has 1 saturated carbocycles. The number of aryl methyl sites for hydroxylation is 2. The van der Waals surface area contributed by atoms with E-state index in [1.165, 1.54) is 0 Å². The van der Waals surface area contributed by atoms with Crippen LogP contribution in [0, 0.1) is 20.8 Å². The quantitative estimate of drug-likeness (QED) is 0.668. The van der Waals surface area contributed by atoms with Crippen molar-refractivity contribution >= 4 is 32.5 Å². The Kier molecular flexibility index (Phi) is 4.66. The number of anilines is 1. The first-order chi connectivity index (χ1) is 14.7. The molecule has 3 heterocycles. The van der Waals surface area contributed by atoms with Crippen LogP contribution in [0.25, 0.3) is 11.0 Å². The lowest BCUT2D eigenvalue weighted by atomic mass is 10.1. The number of pyridine rings is 1. The van der Waals surface area contributed by atoms with Crippen molar-refractivity contribution < 1.29 is 13.2 Å². The highest BCUT2D eigenvalue weighted by atomic mass is 32.2. The lowest BCUT2D eigenvalue weighted by Gasteiger charge is -2.13. The van der Waals surface area contributed by atoms with Crippen molar-refractivity contribution in [2.75, 3.05) is 16.8 Å². The minimum Gasteiger partial charge on any atom is -0.322 e. The van der Waals surface area contributed by atoms with Gasteiger partial charge in [-0.25, -0.2) is 18.1 Å². The number of nitrogens with zero attached hydrogens (tertiary/aromatic N) is 3. The fraction of sp³-hybridized carbons (Fsp3) is 0.435. The second-order valence-corrected chi connectivity index (χ2v) is 11.1. The fourth-order valence-electron chi connectivity index (χ4n) is 4.40.